The fourth-order valence-corrected chi connectivity index (χ4v) is 4.17. The molecule has 0 aliphatic heterocycles. The van der Waals surface area contributed by atoms with Crippen molar-refractivity contribution in [3.8, 4) is 22.8 Å². The Bertz CT molecular complexity index is 1170. The molecular weight excluding hydrogens is 472 g/mol. The molecule has 0 bridgehead atoms. The van der Waals surface area contributed by atoms with Crippen molar-refractivity contribution >= 4 is 16.7 Å². The predicted octanol–water partition coefficient (Wildman–Crippen LogP) is 4.64. The Labute approximate surface area is 216 Å². The van der Waals surface area contributed by atoms with Gasteiger partial charge in [0, 0.05) is 47.0 Å². The number of hydrogen-bond donors (Lipinski definition) is 1. The first kappa shape index (κ1) is 27.4. The quantitative estimate of drug-likeness (QED) is 0.251. The molecular formula is C28H36N4O3S. The maximum absolute atomic E-state index is 11.7. The van der Waals surface area contributed by atoms with Crippen molar-refractivity contribution in [3.63, 3.8) is 0 Å². The van der Waals surface area contributed by atoms with Gasteiger partial charge in [-0.25, -0.2) is 9.97 Å². The van der Waals surface area contributed by atoms with E-state index in [-0.39, 0.29) is 5.95 Å². The second-order valence-corrected chi connectivity index (χ2v) is 10.4. The third kappa shape index (κ3) is 9.09. The highest BCUT2D eigenvalue weighted by atomic mass is 32.2. The number of aromatic nitrogens is 2. The smallest absolute Gasteiger partial charge is 0.220 e. The van der Waals surface area contributed by atoms with Crippen LogP contribution >= 0.6 is 0 Å². The van der Waals surface area contributed by atoms with E-state index < -0.39 is 10.8 Å². The van der Waals surface area contributed by atoms with Gasteiger partial charge in [-0.15, -0.1) is 0 Å². The van der Waals surface area contributed by atoms with Gasteiger partial charge < -0.3 is 15.2 Å². The van der Waals surface area contributed by atoms with E-state index in [9.17, 15) is 4.21 Å². The SMILES string of the molecule is CCS(=O)CCOc1ccc(C)cc1CN(C)C/C=C\CCOc1cccc(-c2ccnc(N)n2)c1. The standard InChI is InChI=1S/C28H36N4O3S/c1-4-36(33)18-17-35-27-12-11-22(2)19-24(27)21-32(3)15-6-5-7-16-34-25-10-8-9-23(20-25)26-13-14-30-28(29)31-26/h5-6,8-14,19-20H,4,7,15-18,21H2,1-3H3,(H2,29,30,31)/b6-5-. The number of nitrogens with two attached hydrogens (primary N) is 1. The first-order valence-electron chi connectivity index (χ1n) is 12.2. The number of nitrogen functional groups attached to an aromatic ring is 1. The van der Waals surface area contributed by atoms with Crippen LogP contribution in [0.2, 0.25) is 0 Å². The molecule has 3 rings (SSSR count). The van der Waals surface area contributed by atoms with E-state index in [0.717, 1.165) is 47.8 Å². The largest absolute Gasteiger partial charge is 0.493 e. The van der Waals surface area contributed by atoms with E-state index in [1.807, 2.05) is 49.4 Å². The lowest BCUT2D eigenvalue weighted by Gasteiger charge is -2.18. The van der Waals surface area contributed by atoms with Crippen LogP contribution in [0.4, 0.5) is 5.95 Å². The second-order valence-electron chi connectivity index (χ2n) is 8.53. The normalized spacial score (nSPS) is 12.2. The van der Waals surface area contributed by atoms with Gasteiger partial charge >= 0.3 is 0 Å². The summed E-state index contributed by atoms with van der Waals surface area (Å²) < 4.78 is 23.5. The van der Waals surface area contributed by atoms with E-state index in [1.165, 1.54) is 5.56 Å². The summed E-state index contributed by atoms with van der Waals surface area (Å²) in [6.07, 6.45) is 6.76. The number of benzene rings is 2. The Hall–Kier alpha value is -3.23. The van der Waals surface area contributed by atoms with Crippen LogP contribution in [0.15, 0.2) is 66.9 Å². The summed E-state index contributed by atoms with van der Waals surface area (Å²) in [5.41, 5.74) is 9.74. The van der Waals surface area contributed by atoms with Crippen molar-refractivity contribution < 1.29 is 13.7 Å². The van der Waals surface area contributed by atoms with Gasteiger partial charge in [0.15, 0.2) is 0 Å². The summed E-state index contributed by atoms with van der Waals surface area (Å²) in [7, 11) is 1.27. The van der Waals surface area contributed by atoms with Crippen LogP contribution in [-0.2, 0) is 17.3 Å². The average molecular weight is 509 g/mol. The molecule has 1 heterocycles. The van der Waals surface area contributed by atoms with E-state index >= 15 is 0 Å². The minimum atomic E-state index is -0.818. The lowest BCUT2D eigenvalue weighted by atomic mass is 10.1. The van der Waals surface area contributed by atoms with Crippen molar-refractivity contribution in [2.45, 2.75) is 26.8 Å². The molecule has 0 saturated carbocycles. The predicted molar refractivity (Wildman–Crippen MR) is 148 cm³/mol. The van der Waals surface area contributed by atoms with Crippen LogP contribution in [0.3, 0.4) is 0 Å². The number of ether oxygens (including phenoxy) is 2. The first-order chi connectivity index (χ1) is 17.4. The molecule has 0 radical (unpaired) electrons. The van der Waals surface area contributed by atoms with Crippen molar-refractivity contribution in [1.82, 2.24) is 14.9 Å². The zero-order valence-corrected chi connectivity index (χ0v) is 22.2. The summed E-state index contributed by atoms with van der Waals surface area (Å²) in [4.78, 5) is 10.4. The fraction of sp³-hybridized carbons (Fsp3) is 0.357. The minimum absolute atomic E-state index is 0.254. The Morgan fingerprint density at radius 2 is 1.94 bits per heavy atom. The van der Waals surface area contributed by atoms with Crippen molar-refractivity contribution in [3.05, 3.63) is 78.0 Å². The lowest BCUT2D eigenvalue weighted by molar-refractivity contribution is 0.317. The van der Waals surface area contributed by atoms with Crippen LogP contribution in [0.25, 0.3) is 11.3 Å². The molecule has 0 fully saturated rings. The molecule has 0 saturated heterocycles. The highest BCUT2D eigenvalue weighted by Crippen LogP contribution is 2.23. The average Bonchev–Trinajstić information content (AvgIpc) is 2.87. The highest BCUT2D eigenvalue weighted by molar-refractivity contribution is 7.84. The van der Waals surface area contributed by atoms with Crippen LogP contribution in [0.5, 0.6) is 11.5 Å². The Kier molecular flexibility index (Phi) is 10.9. The Morgan fingerprint density at radius 3 is 2.75 bits per heavy atom. The Morgan fingerprint density at radius 1 is 1.08 bits per heavy atom. The Balaban J connectivity index is 1.43. The van der Waals surface area contributed by atoms with Crippen LogP contribution in [0.1, 0.15) is 24.5 Å². The van der Waals surface area contributed by atoms with Gasteiger partial charge in [0.1, 0.15) is 11.5 Å². The molecule has 2 N–H and O–H groups in total. The molecule has 3 aromatic rings. The molecule has 0 spiro atoms. The van der Waals surface area contributed by atoms with Crippen LogP contribution in [-0.4, -0.2) is 57.4 Å². The summed E-state index contributed by atoms with van der Waals surface area (Å²) in [5.74, 6) is 3.14. The first-order valence-corrected chi connectivity index (χ1v) is 13.7. The zero-order valence-electron chi connectivity index (χ0n) is 21.4. The molecule has 192 valence electrons. The lowest BCUT2D eigenvalue weighted by Crippen LogP contribution is -2.19. The molecule has 2 aromatic carbocycles. The molecule has 7 nitrogen and oxygen atoms in total. The summed E-state index contributed by atoms with van der Waals surface area (Å²) >= 11 is 0. The second kappa shape index (κ2) is 14.4. The maximum atomic E-state index is 11.7. The number of hydrogen-bond acceptors (Lipinski definition) is 7. The van der Waals surface area contributed by atoms with E-state index in [2.05, 4.69) is 47.1 Å². The van der Waals surface area contributed by atoms with Gasteiger partial charge in [0.05, 0.1) is 24.7 Å². The molecule has 8 heteroatoms. The molecule has 0 aliphatic rings. The van der Waals surface area contributed by atoms with Gasteiger partial charge in [-0.05, 0) is 44.7 Å². The van der Waals surface area contributed by atoms with Crippen molar-refractivity contribution in [2.24, 2.45) is 0 Å². The number of likely N-dealkylation sites (N-methyl/N-ethyl adjacent to an activating group) is 1. The highest BCUT2D eigenvalue weighted by Gasteiger charge is 2.08. The molecule has 0 aliphatic carbocycles. The van der Waals surface area contributed by atoms with Crippen LogP contribution in [0, 0.1) is 6.92 Å². The minimum Gasteiger partial charge on any atom is -0.493 e. The van der Waals surface area contributed by atoms with E-state index in [1.54, 1.807) is 6.20 Å². The van der Waals surface area contributed by atoms with E-state index in [4.69, 9.17) is 15.2 Å². The van der Waals surface area contributed by atoms with Gasteiger partial charge in [-0.3, -0.25) is 9.11 Å². The van der Waals surface area contributed by atoms with Gasteiger partial charge in [0.2, 0.25) is 5.95 Å². The molecule has 0 amide bonds. The van der Waals surface area contributed by atoms with Crippen molar-refractivity contribution in [1.29, 1.82) is 0 Å². The van der Waals surface area contributed by atoms with Gasteiger partial charge in [-0.1, -0.05) is 48.9 Å². The zero-order chi connectivity index (χ0) is 25.8. The van der Waals surface area contributed by atoms with Crippen LogP contribution < -0.4 is 15.2 Å². The third-order valence-corrected chi connectivity index (χ3v) is 6.75. The topological polar surface area (TPSA) is 90.6 Å². The van der Waals surface area contributed by atoms with Crippen molar-refractivity contribution in [2.75, 3.05) is 44.0 Å². The molecule has 1 aromatic heterocycles. The summed E-state index contributed by atoms with van der Waals surface area (Å²) in [5, 5.41) is 0. The van der Waals surface area contributed by atoms with E-state index in [0.29, 0.717) is 24.7 Å². The summed E-state index contributed by atoms with van der Waals surface area (Å²) in [6.45, 7) is 6.66. The monoisotopic (exact) mass is 508 g/mol. The van der Waals surface area contributed by atoms with Gasteiger partial charge in [0.25, 0.3) is 0 Å². The molecule has 1 unspecified atom stereocenters. The summed E-state index contributed by atoms with van der Waals surface area (Å²) in [6, 6.07) is 15.9. The number of anilines is 1. The molecule has 1 atom stereocenters. The molecule has 36 heavy (non-hydrogen) atoms. The third-order valence-electron chi connectivity index (χ3n) is 5.49. The fourth-order valence-electron chi connectivity index (χ4n) is 3.61. The van der Waals surface area contributed by atoms with Gasteiger partial charge in [-0.2, -0.15) is 0 Å². The number of aryl methyl sites for hydroxylation is 1. The number of rotatable bonds is 14. The maximum Gasteiger partial charge on any atom is 0.220 e. The number of nitrogens with zero attached hydrogens (tertiary/aromatic N) is 3.